The van der Waals surface area contributed by atoms with Crippen LogP contribution in [0.5, 0.6) is 0 Å². The van der Waals surface area contributed by atoms with E-state index in [0.29, 0.717) is 12.2 Å². The molecule has 5 nitrogen and oxygen atoms in total. The molecule has 0 heterocycles. The van der Waals surface area contributed by atoms with E-state index < -0.39 is 11.9 Å². The van der Waals surface area contributed by atoms with Gasteiger partial charge in [-0.15, -0.1) is 0 Å². The highest BCUT2D eigenvalue weighted by molar-refractivity contribution is 5.89. The Morgan fingerprint density at radius 2 is 1.57 bits per heavy atom. The maximum absolute atomic E-state index is 9.55. The van der Waals surface area contributed by atoms with Gasteiger partial charge in [0.05, 0.1) is 0 Å². The minimum atomic E-state index is -1.26. The van der Waals surface area contributed by atoms with E-state index in [4.69, 9.17) is 10.2 Å². The fraction of sp³-hybridized carbons (Fsp3) is 0.556. The summed E-state index contributed by atoms with van der Waals surface area (Å²) >= 11 is 0. The molecule has 0 aliphatic rings. The smallest absolute Gasteiger partial charge is 0.328 e. The quantitative estimate of drug-likeness (QED) is 0.452. The van der Waals surface area contributed by atoms with Crippen LogP contribution in [0, 0.1) is 0 Å². The lowest BCUT2D eigenvalue weighted by molar-refractivity contribution is -0.134. The summed E-state index contributed by atoms with van der Waals surface area (Å²) in [6, 6.07) is 0. The first kappa shape index (κ1) is 15.1. The molecule has 3 N–H and O–H groups in total. The van der Waals surface area contributed by atoms with E-state index in [0.717, 1.165) is 13.1 Å². The van der Waals surface area contributed by atoms with Crippen molar-refractivity contribution in [3.8, 4) is 0 Å². The van der Waals surface area contributed by atoms with Crippen molar-refractivity contribution in [3.63, 3.8) is 0 Å². The topological polar surface area (TPSA) is 86.6 Å². The zero-order valence-corrected chi connectivity index (χ0v) is 8.49. The average Bonchev–Trinajstić information content (AvgIpc) is 2.12. The van der Waals surface area contributed by atoms with Gasteiger partial charge in [0.2, 0.25) is 0 Å². The molecule has 0 radical (unpaired) electrons. The molecular weight excluding hydrogens is 186 g/mol. The first-order valence-electron chi connectivity index (χ1n) is 4.39. The first-order chi connectivity index (χ1) is 6.54. The van der Waals surface area contributed by atoms with E-state index in [2.05, 4.69) is 19.2 Å². The molecule has 82 valence electrons. The van der Waals surface area contributed by atoms with E-state index >= 15 is 0 Å². The van der Waals surface area contributed by atoms with Crippen molar-refractivity contribution in [2.75, 3.05) is 13.1 Å². The van der Waals surface area contributed by atoms with E-state index in [-0.39, 0.29) is 0 Å². The van der Waals surface area contributed by atoms with Crippen molar-refractivity contribution in [2.45, 2.75) is 20.3 Å². The van der Waals surface area contributed by atoms with Crippen LogP contribution in [0.3, 0.4) is 0 Å². The highest BCUT2D eigenvalue weighted by atomic mass is 16.4. The van der Waals surface area contributed by atoms with Gasteiger partial charge >= 0.3 is 11.9 Å². The zero-order chi connectivity index (χ0) is 11.4. The van der Waals surface area contributed by atoms with Gasteiger partial charge in [-0.3, -0.25) is 0 Å². The third-order valence-corrected chi connectivity index (χ3v) is 1.05. The number of carbonyl (C=O) groups is 2. The zero-order valence-electron chi connectivity index (χ0n) is 8.49. The van der Waals surface area contributed by atoms with Gasteiger partial charge in [-0.05, 0) is 19.5 Å². The SMILES string of the molecule is CCCNCC.O=C(O)C=CC(=O)O. The Balaban J connectivity index is 0. The predicted molar refractivity (Wildman–Crippen MR) is 53.2 cm³/mol. The second-order valence-corrected chi connectivity index (χ2v) is 2.36. The van der Waals surface area contributed by atoms with Crippen molar-refractivity contribution in [3.05, 3.63) is 12.2 Å². The second-order valence-electron chi connectivity index (χ2n) is 2.36. The lowest BCUT2D eigenvalue weighted by Crippen LogP contribution is -2.12. The molecule has 0 aromatic heterocycles. The summed E-state index contributed by atoms with van der Waals surface area (Å²) < 4.78 is 0. The summed E-state index contributed by atoms with van der Waals surface area (Å²) in [4.78, 5) is 19.1. The molecule has 0 spiro atoms. The molecule has 0 fully saturated rings. The number of hydrogen-bond acceptors (Lipinski definition) is 3. The average molecular weight is 203 g/mol. The molecule has 0 aromatic rings. The van der Waals surface area contributed by atoms with Crippen LogP contribution in [0.25, 0.3) is 0 Å². The maximum Gasteiger partial charge on any atom is 0.328 e. The second kappa shape index (κ2) is 11.6. The number of rotatable bonds is 5. The van der Waals surface area contributed by atoms with Gasteiger partial charge in [0.25, 0.3) is 0 Å². The summed E-state index contributed by atoms with van der Waals surface area (Å²) in [5.41, 5.74) is 0. The fourth-order valence-electron chi connectivity index (χ4n) is 0.496. The van der Waals surface area contributed by atoms with Crippen LogP contribution < -0.4 is 5.32 Å². The maximum atomic E-state index is 9.55. The lowest BCUT2D eigenvalue weighted by Gasteiger charge is -1.91. The van der Waals surface area contributed by atoms with Gasteiger partial charge in [-0.1, -0.05) is 13.8 Å². The molecule has 14 heavy (non-hydrogen) atoms. The van der Waals surface area contributed by atoms with Crippen LogP contribution in [-0.4, -0.2) is 35.2 Å². The van der Waals surface area contributed by atoms with Gasteiger partial charge in [0.1, 0.15) is 0 Å². The molecule has 0 unspecified atom stereocenters. The third kappa shape index (κ3) is 22.4. The Bertz CT molecular complexity index is 169. The van der Waals surface area contributed by atoms with Crippen LogP contribution in [0.15, 0.2) is 12.2 Å². The van der Waals surface area contributed by atoms with E-state index in [1.165, 1.54) is 6.42 Å². The largest absolute Gasteiger partial charge is 0.478 e. The molecule has 0 aromatic carbocycles. The standard InChI is InChI=1S/C5H13N.C4H4O4/c1-3-5-6-4-2;5-3(6)1-2-4(7)8/h6H,3-5H2,1-2H3;1-2H,(H,5,6)(H,7,8). The van der Waals surface area contributed by atoms with Crippen molar-refractivity contribution in [2.24, 2.45) is 0 Å². The third-order valence-electron chi connectivity index (χ3n) is 1.05. The van der Waals surface area contributed by atoms with E-state index in [9.17, 15) is 9.59 Å². The molecule has 0 saturated heterocycles. The van der Waals surface area contributed by atoms with Crippen molar-refractivity contribution in [1.29, 1.82) is 0 Å². The number of nitrogens with one attached hydrogen (secondary N) is 1. The number of aliphatic carboxylic acids is 2. The van der Waals surface area contributed by atoms with E-state index in [1.807, 2.05) is 0 Å². The Morgan fingerprint density at radius 1 is 1.14 bits per heavy atom. The Morgan fingerprint density at radius 3 is 1.71 bits per heavy atom. The summed E-state index contributed by atoms with van der Waals surface area (Å²) in [5, 5.41) is 18.8. The van der Waals surface area contributed by atoms with Crippen LogP contribution in [-0.2, 0) is 9.59 Å². The minimum Gasteiger partial charge on any atom is -0.478 e. The van der Waals surface area contributed by atoms with Crippen LogP contribution in [0.2, 0.25) is 0 Å². The van der Waals surface area contributed by atoms with Gasteiger partial charge in [0.15, 0.2) is 0 Å². The van der Waals surface area contributed by atoms with Crippen LogP contribution >= 0.6 is 0 Å². The molecule has 5 heteroatoms. The molecule has 0 amide bonds. The highest BCUT2D eigenvalue weighted by Crippen LogP contribution is 1.70. The van der Waals surface area contributed by atoms with Gasteiger partial charge in [0, 0.05) is 12.2 Å². The van der Waals surface area contributed by atoms with Gasteiger partial charge in [-0.2, -0.15) is 0 Å². The van der Waals surface area contributed by atoms with Crippen LogP contribution in [0.1, 0.15) is 20.3 Å². The highest BCUT2D eigenvalue weighted by Gasteiger charge is 1.88. The molecule has 0 bridgehead atoms. The van der Waals surface area contributed by atoms with Crippen LogP contribution in [0.4, 0.5) is 0 Å². The van der Waals surface area contributed by atoms with Gasteiger partial charge < -0.3 is 15.5 Å². The summed E-state index contributed by atoms with van der Waals surface area (Å²) in [7, 11) is 0. The monoisotopic (exact) mass is 203 g/mol. The normalized spacial score (nSPS) is 9.29. The fourth-order valence-corrected chi connectivity index (χ4v) is 0.496. The number of carboxylic acid groups (broad SMARTS) is 2. The lowest BCUT2D eigenvalue weighted by atomic mass is 10.5. The summed E-state index contributed by atoms with van der Waals surface area (Å²) in [5.74, 6) is -2.51. The Labute approximate surface area is 83.4 Å². The summed E-state index contributed by atoms with van der Waals surface area (Å²) in [6.07, 6.45) is 2.36. The van der Waals surface area contributed by atoms with E-state index in [1.54, 1.807) is 0 Å². The van der Waals surface area contributed by atoms with Crippen molar-refractivity contribution >= 4 is 11.9 Å². The Hall–Kier alpha value is -1.36. The predicted octanol–water partition coefficient (Wildman–Crippen LogP) is 0.718. The molecule has 0 aliphatic heterocycles. The summed E-state index contributed by atoms with van der Waals surface area (Å²) in [6.45, 7) is 6.56. The number of carboxylic acids is 2. The minimum absolute atomic E-state index is 0.558. The molecular formula is C9H17NO4. The Kier molecular flexibility index (Phi) is 12.6. The molecule has 0 rings (SSSR count). The molecule has 0 atom stereocenters. The number of hydrogen-bond donors (Lipinski definition) is 3. The molecule has 0 saturated carbocycles. The van der Waals surface area contributed by atoms with Crippen molar-refractivity contribution < 1.29 is 19.8 Å². The first-order valence-corrected chi connectivity index (χ1v) is 4.39. The molecule has 0 aliphatic carbocycles. The van der Waals surface area contributed by atoms with Crippen molar-refractivity contribution in [1.82, 2.24) is 5.32 Å². The van der Waals surface area contributed by atoms with Gasteiger partial charge in [-0.25, -0.2) is 9.59 Å².